The first-order chi connectivity index (χ1) is 11.2. The van der Waals surface area contributed by atoms with E-state index in [1.807, 2.05) is 19.1 Å². The van der Waals surface area contributed by atoms with Crippen LogP contribution < -0.4 is 10.6 Å². The quantitative estimate of drug-likeness (QED) is 0.917. The van der Waals surface area contributed by atoms with Crippen LogP contribution in [0.25, 0.3) is 0 Å². The van der Waals surface area contributed by atoms with Crippen molar-refractivity contribution in [2.45, 2.75) is 38.7 Å². The fourth-order valence-electron chi connectivity index (χ4n) is 3.49. The largest absolute Gasteiger partial charge is 0.464 e. The zero-order valence-corrected chi connectivity index (χ0v) is 13.4. The van der Waals surface area contributed by atoms with Crippen molar-refractivity contribution in [1.82, 2.24) is 9.97 Å². The Kier molecular flexibility index (Phi) is 3.69. The van der Waals surface area contributed by atoms with E-state index in [0.717, 1.165) is 49.0 Å². The number of hydrogen-bond acceptors (Lipinski definition) is 6. The maximum absolute atomic E-state index is 5.94. The Bertz CT molecular complexity index is 713. The minimum atomic E-state index is -0.0621. The second-order valence-corrected chi connectivity index (χ2v) is 6.29. The van der Waals surface area contributed by atoms with E-state index in [1.165, 1.54) is 18.4 Å². The summed E-state index contributed by atoms with van der Waals surface area (Å²) >= 11 is 0. The third-order valence-electron chi connectivity index (χ3n) is 4.62. The molecule has 1 aliphatic carbocycles. The summed E-state index contributed by atoms with van der Waals surface area (Å²) in [6.45, 7) is 4.16. The molecule has 0 amide bonds. The molecule has 1 aliphatic heterocycles. The van der Waals surface area contributed by atoms with Gasteiger partial charge in [-0.2, -0.15) is 4.98 Å². The number of ether oxygens (including phenoxy) is 1. The summed E-state index contributed by atoms with van der Waals surface area (Å²) in [5, 5.41) is 0. The number of hydrogen-bond donors (Lipinski definition) is 1. The summed E-state index contributed by atoms with van der Waals surface area (Å²) in [5.74, 6) is 3.15. The molecule has 0 saturated carbocycles. The van der Waals surface area contributed by atoms with Gasteiger partial charge in [-0.3, -0.25) is 0 Å². The highest BCUT2D eigenvalue weighted by atomic mass is 16.5. The van der Waals surface area contributed by atoms with Crippen LogP contribution in [0.3, 0.4) is 0 Å². The lowest BCUT2D eigenvalue weighted by Gasteiger charge is -2.35. The lowest BCUT2D eigenvalue weighted by molar-refractivity contribution is 0.0249. The van der Waals surface area contributed by atoms with Gasteiger partial charge in [0.2, 0.25) is 5.95 Å². The highest BCUT2D eigenvalue weighted by Gasteiger charge is 2.28. The predicted molar refractivity (Wildman–Crippen MR) is 87.4 cm³/mol. The average molecular weight is 314 g/mol. The molecule has 2 aliphatic rings. The zero-order valence-electron chi connectivity index (χ0n) is 13.4. The van der Waals surface area contributed by atoms with E-state index in [2.05, 4.69) is 14.9 Å². The van der Waals surface area contributed by atoms with Crippen molar-refractivity contribution in [3.05, 3.63) is 34.9 Å². The van der Waals surface area contributed by atoms with Crippen LogP contribution in [0.2, 0.25) is 0 Å². The highest BCUT2D eigenvalue weighted by molar-refractivity contribution is 5.53. The van der Waals surface area contributed by atoms with Crippen LogP contribution in [0.4, 0.5) is 11.8 Å². The number of nitrogens with zero attached hydrogens (tertiary/aromatic N) is 3. The fourth-order valence-corrected chi connectivity index (χ4v) is 3.49. The van der Waals surface area contributed by atoms with Gasteiger partial charge < -0.3 is 19.8 Å². The lowest BCUT2D eigenvalue weighted by Crippen LogP contribution is -2.39. The summed E-state index contributed by atoms with van der Waals surface area (Å²) in [4.78, 5) is 11.3. The van der Waals surface area contributed by atoms with E-state index >= 15 is 0 Å². The molecule has 0 bridgehead atoms. The smallest absolute Gasteiger partial charge is 0.222 e. The Morgan fingerprint density at radius 1 is 1.22 bits per heavy atom. The van der Waals surface area contributed by atoms with Gasteiger partial charge in [0.25, 0.3) is 0 Å². The van der Waals surface area contributed by atoms with Gasteiger partial charge in [0, 0.05) is 12.1 Å². The number of anilines is 2. The van der Waals surface area contributed by atoms with Gasteiger partial charge in [0.15, 0.2) is 0 Å². The number of rotatable bonds is 2. The van der Waals surface area contributed by atoms with Crippen LogP contribution in [-0.2, 0) is 17.6 Å². The van der Waals surface area contributed by atoms with Crippen molar-refractivity contribution in [1.29, 1.82) is 0 Å². The fraction of sp³-hybridized carbons (Fsp3) is 0.529. The number of nitrogens with two attached hydrogens (primary N) is 1. The van der Waals surface area contributed by atoms with Crippen LogP contribution in [0, 0.1) is 6.92 Å². The summed E-state index contributed by atoms with van der Waals surface area (Å²) in [6.07, 6.45) is 4.35. The van der Waals surface area contributed by atoms with E-state index in [0.29, 0.717) is 12.6 Å². The first kappa shape index (κ1) is 14.5. The highest BCUT2D eigenvalue weighted by Crippen LogP contribution is 2.32. The van der Waals surface area contributed by atoms with Crippen LogP contribution in [0.15, 0.2) is 16.5 Å². The van der Waals surface area contributed by atoms with Gasteiger partial charge in [-0.1, -0.05) is 0 Å². The molecule has 0 spiro atoms. The van der Waals surface area contributed by atoms with Crippen LogP contribution >= 0.6 is 0 Å². The third-order valence-corrected chi connectivity index (χ3v) is 4.62. The van der Waals surface area contributed by atoms with E-state index in [-0.39, 0.29) is 6.10 Å². The Hall–Kier alpha value is -2.08. The molecular weight excluding hydrogens is 292 g/mol. The van der Waals surface area contributed by atoms with Gasteiger partial charge in [-0.15, -0.1) is 0 Å². The molecule has 2 N–H and O–H groups in total. The Labute approximate surface area is 135 Å². The molecule has 6 heteroatoms. The van der Waals surface area contributed by atoms with Crippen molar-refractivity contribution in [2.24, 2.45) is 0 Å². The maximum atomic E-state index is 5.94. The molecule has 122 valence electrons. The van der Waals surface area contributed by atoms with Crippen molar-refractivity contribution < 1.29 is 9.15 Å². The molecule has 3 heterocycles. The summed E-state index contributed by atoms with van der Waals surface area (Å²) < 4.78 is 11.6. The minimum absolute atomic E-state index is 0.0621. The SMILES string of the molecule is Cc1ccc(C2CN(c3nc(N)nc4c3CCCC4)CCO2)o1. The number of aryl methyl sites for hydroxylation is 2. The second kappa shape index (κ2) is 5.85. The van der Waals surface area contributed by atoms with Gasteiger partial charge in [-0.25, -0.2) is 4.98 Å². The van der Waals surface area contributed by atoms with Gasteiger partial charge in [-0.05, 0) is 44.7 Å². The van der Waals surface area contributed by atoms with Gasteiger partial charge in [0.1, 0.15) is 23.4 Å². The number of nitrogen functional groups attached to an aromatic ring is 1. The van der Waals surface area contributed by atoms with E-state index < -0.39 is 0 Å². The normalized spacial score (nSPS) is 21.3. The van der Waals surface area contributed by atoms with E-state index in [4.69, 9.17) is 14.9 Å². The summed E-state index contributed by atoms with van der Waals surface area (Å²) in [5.41, 5.74) is 8.33. The summed E-state index contributed by atoms with van der Waals surface area (Å²) in [7, 11) is 0. The van der Waals surface area contributed by atoms with Crippen LogP contribution in [0.5, 0.6) is 0 Å². The molecular formula is C17H22N4O2. The van der Waals surface area contributed by atoms with E-state index in [1.54, 1.807) is 0 Å². The molecule has 1 fully saturated rings. The molecule has 0 aromatic carbocycles. The monoisotopic (exact) mass is 314 g/mol. The lowest BCUT2D eigenvalue weighted by atomic mass is 9.96. The number of fused-ring (bicyclic) bond motifs is 1. The second-order valence-electron chi connectivity index (χ2n) is 6.29. The molecule has 2 aromatic rings. The molecule has 1 atom stereocenters. The maximum Gasteiger partial charge on any atom is 0.222 e. The number of morpholine rings is 1. The van der Waals surface area contributed by atoms with Crippen molar-refractivity contribution >= 4 is 11.8 Å². The molecule has 1 saturated heterocycles. The first-order valence-electron chi connectivity index (χ1n) is 8.29. The molecule has 4 rings (SSSR count). The van der Waals surface area contributed by atoms with Crippen LogP contribution in [-0.4, -0.2) is 29.7 Å². The summed E-state index contributed by atoms with van der Waals surface area (Å²) in [6, 6.07) is 3.97. The Morgan fingerprint density at radius 3 is 2.91 bits per heavy atom. The number of furan rings is 1. The predicted octanol–water partition coefficient (Wildman–Crippen LogP) is 2.42. The first-order valence-corrected chi connectivity index (χ1v) is 8.29. The van der Waals surface area contributed by atoms with E-state index in [9.17, 15) is 0 Å². The zero-order chi connectivity index (χ0) is 15.8. The number of aromatic nitrogens is 2. The van der Waals surface area contributed by atoms with Gasteiger partial charge in [0.05, 0.1) is 18.8 Å². The van der Waals surface area contributed by atoms with Gasteiger partial charge >= 0.3 is 0 Å². The third kappa shape index (κ3) is 2.79. The molecule has 1 unspecified atom stereocenters. The van der Waals surface area contributed by atoms with Crippen molar-refractivity contribution in [3.63, 3.8) is 0 Å². The van der Waals surface area contributed by atoms with Crippen molar-refractivity contribution in [2.75, 3.05) is 30.3 Å². The molecule has 2 aromatic heterocycles. The topological polar surface area (TPSA) is 77.4 Å². The average Bonchev–Trinajstić information content (AvgIpc) is 3.01. The molecule has 23 heavy (non-hydrogen) atoms. The van der Waals surface area contributed by atoms with Crippen LogP contribution in [0.1, 0.15) is 41.7 Å². The van der Waals surface area contributed by atoms with Crippen molar-refractivity contribution in [3.8, 4) is 0 Å². The Morgan fingerprint density at radius 2 is 2.09 bits per heavy atom. The minimum Gasteiger partial charge on any atom is -0.464 e. The molecule has 6 nitrogen and oxygen atoms in total. The molecule has 0 radical (unpaired) electrons. The Balaban J connectivity index is 1.64. The standard InChI is InChI=1S/C17H22N4O2/c1-11-6-7-14(23-11)15-10-21(8-9-22-15)16-12-4-2-3-5-13(12)19-17(18)20-16/h6-7,15H,2-5,8-10H2,1H3,(H2,18,19,20).